The van der Waals surface area contributed by atoms with E-state index < -0.39 is 5.82 Å². The van der Waals surface area contributed by atoms with Crippen molar-refractivity contribution in [3.05, 3.63) is 69.5 Å². The van der Waals surface area contributed by atoms with Crippen molar-refractivity contribution in [1.82, 2.24) is 19.7 Å². The zero-order valence-electron chi connectivity index (χ0n) is 17.1. The maximum atomic E-state index is 13.1. The molecule has 0 unspecified atom stereocenters. The molecule has 4 rings (SSSR count). The van der Waals surface area contributed by atoms with Crippen molar-refractivity contribution in [2.75, 3.05) is 11.1 Å². The van der Waals surface area contributed by atoms with Crippen LogP contribution in [0.1, 0.15) is 5.82 Å². The van der Waals surface area contributed by atoms with Crippen LogP contribution < -0.4 is 10.1 Å². The van der Waals surface area contributed by atoms with Crippen molar-refractivity contribution in [3.63, 3.8) is 0 Å². The number of aromatic nitrogens is 4. The van der Waals surface area contributed by atoms with Gasteiger partial charge in [-0.2, -0.15) is 0 Å². The fourth-order valence-corrected chi connectivity index (χ4v) is 4.51. The molecule has 0 fully saturated rings. The van der Waals surface area contributed by atoms with Crippen LogP contribution in [0.2, 0.25) is 10.0 Å². The molecule has 2 heterocycles. The van der Waals surface area contributed by atoms with Crippen molar-refractivity contribution in [1.29, 1.82) is 0 Å². The number of hydrogen-bond donors (Lipinski definition) is 1. The summed E-state index contributed by atoms with van der Waals surface area (Å²) in [5, 5.41) is 14.7. The van der Waals surface area contributed by atoms with Gasteiger partial charge in [-0.05, 0) is 30.3 Å². The summed E-state index contributed by atoms with van der Waals surface area (Å²) in [7, 11) is 1.77. The van der Waals surface area contributed by atoms with Gasteiger partial charge in [0.05, 0.1) is 16.5 Å². The van der Waals surface area contributed by atoms with Crippen LogP contribution in [0.4, 0.5) is 9.52 Å². The van der Waals surface area contributed by atoms with Gasteiger partial charge in [-0.15, -0.1) is 21.5 Å². The molecule has 0 spiro atoms. The number of halogens is 3. The van der Waals surface area contributed by atoms with Gasteiger partial charge in [0, 0.05) is 23.0 Å². The lowest BCUT2D eigenvalue weighted by molar-refractivity contribution is -0.113. The highest BCUT2D eigenvalue weighted by Crippen LogP contribution is 2.27. The van der Waals surface area contributed by atoms with E-state index in [0.717, 1.165) is 11.3 Å². The Bertz CT molecular complexity index is 1280. The first-order chi connectivity index (χ1) is 15.9. The summed E-state index contributed by atoms with van der Waals surface area (Å²) < 4.78 is 20.5. The molecule has 7 nitrogen and oxygen atoms in total. The first kappa shape index (κ1) is 23.5. The molecule has 0 saturated heterocycles. The average Bonchev–Trinajstić information content (AvgIpc) is 3.39. The highest BCUT2D eigenvalue weighted by molar-refractivity contribution is 7.99. The van der Waals surface area contributed by atoms with Crippen LogP contribution in [-0.4, -0.2) is 31.4 Å². The second-order valence-electron chi connectivity index (χ2n) is 6.70. The predicted molar refractivity (Wildman–Crippen MR) is 129 cm³/mol. The van der Waals surface area contributed by atoms with E-state index >= 15 is 0 Å². The van der Waals surface area contributed by atoms with Crippen LogP contribution in [-0.2, 0) is 18.4 Å². The molecular weight excluding hydrogens is 508 g/mol. The Labute approximate surface area is 206 Å². The molecule has 0 aliphatic rings. The van der Waals surface area contributed by atoms with Crippen molar-refractivity contribution < 1.29 is 13.9 Å². The Hall–Kier alpha value is -2.66. The molecule has 0 aliphatic heterocycles. The Morgan fingerprint density at radius 1 is 1.21 bits per heavy atom. The number of ether oxygens (including phenoxy) is 1. The van der Waals surface area contributed by atoms with Gasteiger partial charge in [0.15, 0.2) is 16.1 Å². The highest BCUT2D eigenvalue weighted by Gasteiger charge is 2.14. The third-order valence-corrected chi connectivity index (χ3v) is 6.72. The Balaban J connectivity index is 1.30. The van der Waals surface area contributed by atoms with E-state index in [2.05, 4.69) is 20.5 Å². The summed E-state index contributed by atoms with van der Waals surface area (Å²) in [5.41, 5.74) is 1.68. The standard InChI is InChI=1S/C21H16Cl2FN5O2S2/c1-29-18(9-31-17-7-6-14(24)8-15(17)23)27-28-21(29)33-11-19(30)26-20-25-16(10-32-20)12-2-4-13(22)5-3-12/h2-8,10H,9,11H2,1H3,(H,25,26,30). The van der Waals surface area contributed by atoms with Crippen LogP contribution in [0, 0.1) is 5.82 Å². The number of carbonyl (C=O) groups is 1. The number of rotatable bonds is 8. The molecule has 1 N–H and O–H groups in total. The third kappa shape index (κ3) is 6.02. The minimum atomic E-state index is -0.443. The predicted octanol–water partition coefficient (Wildman–Crippen LogP) is 5.69. The van der Waals surface area contributed by atoms with Gasteiger partial charge >= 0.3 is 0 Å². The van der Waals surface area contributed by atoms with Crippen LogP contribution in [0.25, 0.3) is 11.3 Å². The molecule has 1 amide bonds. The Kier molecular flexibility index (Phi) is 7.49. The Morgan fingerprint density at radius 3 is 2.76 bits per heavy atom. The number of benzene rings is 2. The van der Waals surface area contributed by atoms with Crippen molar-refractivity contribution in [2.24, 2.45) is 7.05 Å². The summed E-state index contributed by atoms with van der Waals surface area (Å²) in [6, 6.07) is 11.2. The smallest absolute Gasteiger partial charge is 0.236 e. The fraction of sp³-hybridized carbons (Fsp3) is 0.143. The molecule has 33 heavy (non-hydrogen) atoms. The molecular formula is C21H16Cl2FN5O2S2. The minimum absolute atomic E-state index is 0.0915. The van der Waals surface area contributed by atoms with E-state index in [9.17, 15) is 9.18 Å². The topological polar surface area (TPSA) is 81.9 Å². The number of anilines is 1. The van der Waals surface area contributed by atoms with Crippen LogP contribution in [0.3, 0.4) is 0 Å². The quantitative estimate of drug-likeness (QED) is 0.298. The van der Waals surface area contributed by atoms with Gasteiger partial charge in [-0.3, -0.25) is 4.79 Å². The van der Waals surface area contributed by atoms with E-state index in [1.54, 1.807) is 23.7 Å². The zero-order chi connectivity index (χ0) is 23.4. The lowest BCUT2D eigenvalue weighted by Gasteiger charge is -2.08. The van der Waals surface area contributed by atoms with Gasteiger partial charge in [0.25, 0.3) is 0 Å². The molecule has 0 aliphatic carbocycles. The van der Waals surface area contributed by atoms with Gasteiger partial charge in [-0.25, -0.2) is 9.37 Å². The van der Waals surface area contributed by atoms with E-state index in [4.69, 9.17) is 27.9 Å². The first-order valence-corrected chi connectivity index (χ1v) is 12.1. The maximum Gasteiger partial charge on any atom is 0.236 e. The zero-order valence-corrected chi connectivity index (χ0v) is 20.2. The van der Waals surface area contributed by atoms with Crippen molar-refractivity contribution in [3.8, 4) is 17.0 Å². The SMILES string of the molecule is Cn1c(COc2ccc(F)cc2Cl)nnc1SCC(=O)Nc1nc(-c2ccc(Cl)cc2)cs1. The first-order valence-electron chi connectivity index (χ1n) is 9.49. The summed E-state index contributed by atoms with van der Waals surface area (Å²) in [5.74, 6) is 0.353. The number of carbonyl (C=O) groups excluding carboxylic acids is 1. The normalized spacial score (nSPS) is 10.9. The maximum absolute atomic E-state index is 13.1. The van der Waals surface area contributed by atoms with E-state index in [-0.39, 0.29) is 23.3 Å². The van der Waals surface area contributed by atoms with E-state index in [1.807, 2.05) is 17.5 Å². The summed E-state index contributed by atoms with van der Waals surface area (Å²) >= 11 is 14.5. The van der Waals surface area contributed by atoms with E-state index in [1.165, 1.54) is 41.3 Å². The number of hydrogen-bond acceptors (Lipinski definition) is 7. The molecule has 0 radical (unpaired) electrons. The molecule has 0 saturated carbocycles. The highest BCUT2D eigenvalue weighted by atomic mass is 35.5. The van der Waals surface area contributed by atoms with Gasteiger partial charge in [-0.1, -0.05) is 47.1 Å². The number of amides is 1. The minimum Gasteiger partial charge on any atom is -0.484 e. The molecule has 2 aromatic heterocycles. The number of thiazole rings is 1. The Morgan fingerprint density at radius 2 is 2.00 bits per heavy atom. The van der Waals surface area contributed by atoms with Gasteiger partial charge in [0.2, 0.25) is 5.91 Å². The van der Waals surface area contributed by atoms with Crippen molar-refractivity contribution in [2.45, 2.75) is 11.8 Å². The summed E-state index contributed by atoms with van der Waals surface area (Å²) in [4.78, 5) is 16.8. The summed E-state index contributed by atoms with van der Waals surface area (Å²) in [6.45, 7) is 0.0915. The van der Waals surface area contributed by atoms with Gasteiger partial charge in [0.1, 0.15) is 18.2 Å². The molecule has 4 aromatic rings. The lowest BCUT2D eigenvalue weighted by atomic mass is 10.2. The molecule has 12 heteroatoms. The molecule has 0 bridgehead atoms. The van der Waals surface area contributed by atoms with Crippen LogP contribution in [0.5, 0.6) is 5.75 Å². The third-order valence-electron chi connectivity index (χ3n) is 4.40. The lowest BCUT2D eigenvalue weighted by Crippen LogP contribution is -2.14. The molecule has 0 atom stereocenters. The number of nitrogens with one attached hydrogen (secondary N) is 1. The monoisotopic (exact) mass is 523 g/mol. The van der Waals surface area contributed by atoms with Crippen LogP contribution >= 0.6 is 46.3 Å². The second kappa shape index (κ2) is 10.5. The van der Waals surface area contributed by atoms with Crippen molar-refractivity contribution >= 4 is 57.3 Å². The molecule has 170 valence electrons. The van der Waals surface area contributed by atoms with Gasteiger partial charge < -0.3 is 14.6 Å². The second-order valence-corrected chi connectivity index (χ2v) is 9.35. The largest absolute Gasteiger partial charge is 0.484 e. The summed E-state index contributed by atoms with van der Waals surface area (Å²) in [6.07, 6.45) is 0. The van der Waals surface area contributed by atoms with Crippen LogP contribution in [0.15, 0.2) is 53.0 Å². The number of nitrogens with zero attached hydrogens (tertiary/aromatic N) is 4. The van der Waals surface area contributed by atoms with E-state index in [0.29, 0.717) is 26.9 Å². The number of thioether (sulfide) groups is 1. The average molecular weight is 524 g/mol. The fourth-order valence-electron chi connectivity index (χ4n) is 2.70. The molecule has 2 aromatic carbocycles.